The average molecular weight is 299 g/mol. The number of hydrogen-bond donors (Lipinski definition) is 2. The predicted octanol–water partition coefficient (Wildman–Crippen LogP) is 2.80. The Bertz CT molecular complexity index is 683. The van der Waals surface area contributed by atoms with Gasteiger partial charge in [0.05, 0.1) is 13.7 Å². The summed E-state index contributed by atoms with van der Waals surface area (Å²) < 4.78 is 18.6. The van der Waals surface area contributed by atoms with Crippen molar-refractivity contribution in [3.8, 4) is 5.75 Å². The van der Waals surface area contributed by atoms with E-state index >= 15 is 0 Å². The van der Waals surface area contributed by atoms with Crippen molar-refractivity contribution in [1.29, 1.82) is 0 Å². The Morgan fingerprint density at radius 2 is 1.95 bits per heavy atom. The average Bonchev–Trinajstić information content (AvgIpc) is 3.02. The molecule has 4 nitrogen and oxygen atoms in total. The Morgan fingerprint density at radius 1 is 1.18 bits per heavy atom. The number of halogens is 1. The minimum Gasteiger partial charge on any atom is -0.494 e. The Labute approximate surface area is 129 Å². The molecule has 0 fully saturated rings. The quantitative estimate of drug-likeness (QED) is 0.912. The first kappa shape index (κ1) is 14.4. The molecule has 0 bridgehead atoms. The number of rotatable bonds is 4. The van der Waals surface area contributed by atoms with Crippen molar-refractivity contribution in [2.45, 2.75) is 6.42 Å². The number of anilines is 1. The molecule has 1 heterocycles. The molecule has 2 aromatic carbocycles. The second-order valence-corrected chi connectivity index (χ2v) is 5.12. The topological polar surface area (TPSA) is 45.6 Å². The van der Waals surface area contributed by atoms with Crippen LogP contribution in [0.15, 0.2) is 47.5 Å². The van der Waals surface area contributed by atoms with Gasteiger partial charge < -0.3 is 15.4 Å². The zero-order chi connectivity index (χ0) is 15.4. The van der Waals surface area contributed by atoms with Gasteiger partial charge in [-0.05, 0) is 41.8 Å². The summed E-state index contributed by atoms with van der Waals surface area (Å²) in [5.74, 6) is 0.752. The SMILES string of the molecule is COc1ccc(Cc2ccc(NC3=NCCN3)cc2)cc1F. The van der Waals surface area contributed by atoms with E-state index in [0.717, 1.165) is 35.9 Å². The number of nitrogens with one attached hydrogen (secondary N) is 2. The van der Waals surface area contributed by atoms with Gasteiger partial charge in [-0.25, -0.2) is 4.39 Å². The largest absolute Gasteiger partial charge is 0.494 e. The highest BCUT2D eigenvalue weighted by molar-refractivity contribution is 5.94. The zero-order valence-electron chi connectivity index (χ0n) is 12.4. The first-order valence-corrected chi connectivity index (χ1v) is 7.21. The zero-order valence-corrected chi connectivity index (χ0v) is 12.4. The van der Waals surface area contributed by atoms with Crippen LogP contribution in [-0.4, -0.2) is 26.2 Å². The van der Waals surface area contributed by atoms with Gasteiger partial charge in [-0.3, -0.25) is 4.99 Å². The summed E-state index contributed by atoms with van der Waals surface area (Å²) in [6.07, 6.45) is 0.681. The Balaban J connectivity index is 1.66. The Kier molecular flexibility index (Phi) is 4.23. The molecule has 2 aromatic rings. The Hall–Kier alpha value is -2.56. The third-order valence-electron chi connectivity index (χ3n) is 3.52. The second-order valence-electron chi connectivity index (χ2n) is 5.12. The molecule has 0 aliphatic carbocycles. The van der Waals surface area contributed by atoms with Crippen LogP contribution in [0.25, 0.3) is 0 Å². The minimum absolute atomic E-state index is 0.271. The maximum atomic E-state index is 13.7. The summed E-state index contributed by atoms with van der Waals surface area (Å²) in [6, 6.07) is 13.1. The number of ether oxygens (including phenoxy) is 1. The molecular weight excluding hydrogens is 281 g/mol. The highest BCUT2D eigenvalue weighted by Gasteiger charge is 2.06. The molecule has 0 aromatic heterocycles. The number of benzene rings is 2. The molecule has 1 aliphatic heterocycles. The fourth-order valence-corrected chi connectivity index (χ4v) is 2.38. The molecule has 22 heavy (non-hydrogen) atoms. The summed E-state index contributed by atoms with van der Waals surface area (Å²) in [4.78, 5) is 4.29. The van der Waals surface area contributed by atoms with E-state index in [1.54, 1.807) is 6.07 Å². The summed E-state index contributed by atoms with van der Waals surface area (Å²) in [5.41, 5.74) is 3.02. The van der Waals surface area contributed by atoms with Crippen LogP contribution in [0.3, 0.4) is 0 Å². The second kappa shape index (κ2) is 6.47. The summed E-state index contributed by atoms with van der Waals surface area (Å²) >= 11 is 0. The van der Waals surface area contributed by atoms with E-state index in [-0.39, 0.29) is 11.6 Å². The number of hydrogen-bond acceptors (Lipinski definition) is 4. The van der Waals surface area contributed by atoms with Crippen molar-refractivity contribution in [3.63, 3.8) is 0 Å². The fourth-order valence-electron chi connectivity index (χ4n) is 2.38. The molecule has 0 radical (unpaired) electrons. The molecule has 0 saturated carbocycles. The standard InChI is InChI=1S/C17H18FN3O/c1-22-16-7-4-13(11-15(16)18)10-12-2-5-14(6-3-12)21-17-19-8-9-20-17/h2-7,11H,8-10H2,1H3,(H2,19,20,21). The smallest absolute Gasteiger partial charge is 0.195 e. The van der Waals surface area contributed by atoms with Gasteiger partial charge in [0.2, 0.25) is 0 Å². The highest BCUT2D eigenvalue weighted by Crippen LogP contribution is 2.20. The van der Waals surface area contributed by atoms with Crippen LogP contribution in [0.2, 0.25) is 0 Å². The lowest BCUT2D eigenvalue weighted by molar-refractivity contribution is 0.386. The molecule has 2 N–H and O–H groups in total. The van der Waals surface area contributed by atoms with Gasteiger partial charge in [0.15, 0.2) is 17.5 Å². The van der Waals surface area contributed by atoms with Crippen LogP contribution in [-0.2, 0) is 6.42 Å². The molecular formula is C17H18FN3O. The normalized spacial score (nSPS) is 13.5. The predicted molar refractivity (Wildman–Crippen MR) is 86.1 cm³/mol. The number of guanidine groups is 1. The van der Waals surface area contributed by atoms with Gasteiger partial charge in [-0.1, -0.05) is 18.2 Å². The molecule has 0 spiro atoms. The molecule has 114 valence electrons. The molecule has 5 heteroatoms. The van der Waals surface area contributed by atoms with Crippen LogP contribution in [0, 0.1) is 5.82 Å². The van der Waals surface area contributed by atoms with E-state index < -0.39 is 0 Å². The fraction of sp³-hybridized carbons (Fsp3) is 0.235. The van der Waals surface area contributed by atoms with Crippen molar-refractivity contribution in [2.75, 3.05) is 25.5 Å². The van der Waals surface area contributed by atoms with Crippen LogP contribution in [0.1, 0.15) is 11.1 Å². The van der Waals surface area contributed by atoms with Gasteiger partial charge in [-0.2, -0.15) is 0 Å². The van der Waals surface area contributed by atoms with Gasteiger partial charge in [0, 0.05) is 12.2 Å². The van der Waals surface area contributed by atoms with E-state index in [1.807, 2.05) is 30.3 Å². The van der Waals surface area contributed by atoms with E-state index in [9.17, 15) is 4.39 Å². The maximum absolute atomic E-state index is 13.7. The van der Waals surface area contributed by atoms with Crippen LogP contribution < -0.4 is 15.4 Å². The third kappa shape index (κ3) is 3.36. The molecule has 0 saturated heterocycles. The monoisotopic (exact) mass is 299 g/mol. The minimum atomic E-state index is -0.330. The molecule has 1 aliphatic rings. The van der Waals surface area contributed by atoms with Gasteiger partial charge in [-0.15, -0.1) is 0 Å². The lowest BCUT2D eigenvalue weighted by Crippen LogP contribution is -2.26. The van der Waals surface area contributed by atoms with Gasteiger partial charge in [0.1, 0.15) is 0 Å². The van der Waals surface area contributed by atoms with Crippen LogP contribution >= 0.6 is 0 Å². The summed E-state index contributed by atoms with van der Waals surface area (Å²) in [6.45, 7) is 1.69. The number of methoxy groups -OCH3 is 1. The maximum Gasteiger partial charge on any atom is 0.195 e. The number of aliphatic imine (C=N–C) groups is 1. The summed E-state index contributed by atoms with van der Waals surface area (Å²) in [5, 5.41) is 6.38. The highest BCUT2D eigenvalue weighted by atomic mass is 19.1. The molecule has 0 amide bonds. The van der Waals surface area contributed by atoms with Crippen molar-refractivity contribution >= 4 is 11.6 Å². The van der Waals surface area contributed by atoms with Crippen molar-refractivity contribution in [2.24, 2.45) is 4.99 Å². The van der Waals surface area contributed by atoms with Crippen molar-refractivity contribution in [1.82, 2.24) is 5.32 Å². The van der Waals surface area contributed by atoms with Crippen LogP contribution in [0.4, 0.5) is 10.1 Å². The lowest BCUT2D eigenvalue weighted by Gasteiger charge is -2.08. The van der Waals surface area contributed by atoms with Crippen molar-refractivity contribution < 1.29 is 9.13 Å². The van der Waals surface area contributed by atoms with E-state index in [1.165, 1.54) is 13.2 Å². The van der Waals surface area contributed by atoms with E-state index in [2.05, 4.69) is 15.6 Å². The van der Waals surface area contributed by atoms with Crippen LogP contribution in [0.5, 0.6) is 5.75 Å². The lowest BCUT2D eigenvalue weighted by atomic mass is 10.0. The Morgan fingerprint density at radius 3 is 2.59 bits per heavy atom. The molecule has 3 rings (SSSR count). The molecule has 0 atom stereocenters. The van der Waals surface area contributed by atoms with Crippen molar-refractivity contribution in [3.05, 3.63) is 59.4 Å². The van der Waals surface area contributed by atoms with E-state index in [0.29, 0.717) is 6.42 Å². The number of nitrogens with zero attached hydrogens (tertiary/aromatic N) is 1. The first-order valence-electron chi connectivity index (χ1n) is 7.21. The van der Waals surface area contributed by atoms with Gasteiger partial charge in [0.25, 0.3) is 0 Å². The van der Waals surface area contributed by atoms with Gasteiger partial charge >= 0.3 is 0 Å². The van der Waals surface area contributed by atoms with E-state index in [4.69, 9.17) is 4.74 Å². The molecule has 0 unspecified atom stereocenters. The first-order chi connectivity index (χ1) is 10.7. The third-order valence-corrected chi connectivity index (χ3v) is 3.52. The summed E-state index contributed by atoms with van der Waals surface area (Å²) in [7, 11) is 1.47.